The quantitative estimate of drug-likeness (QED) is 0.867. The predicted octanol–water partition coefficient (Wildman–Crippen LogP) is 3.37. The second kappa shape index (κ2) is 6.50. The number of para-hydroxylation sites is 1. The van der Waals surface area contributed by atoms with Gasteiger partial charge in [0.25, 0.3) is 0 Å². The van der Waals surface area contributed by atoms with Crippen LogP contribution in [0.25, 0.3) is 0 Å². The Hall–Kier alpha value is -2.20. The number of anilines is 1. The van der Waals surface area contributed by atoms with Crippen LogP contribution in [-0.4, -0.2) is 29.9 Å². The first-order valence-corrected chi connectivity index (χ1v) is 7.92. The van der Waals surface area contributed by atoms with Crippen LogP contribution in [0.1, 0.15) is 18.1 Å². The first kappa shape index (κ1) is 15.7. The highest BCUT2D eigenvalue weighted by molar-refractivity contribution is 5.97. The molecule has 1 atom stereocenters. The average molecular weight is 312 g/mol. The van der Waals surface area contributed by atoms with Gasteiger partial charge in [-0.3, -0.25) is 9.69 Å². The predicted molar refractivity (Wildman–Crippen MR) is 89.8 cm³/mol. The molecule has 2 aromatic rings. The minimum absolute atomic E-state index is 0.0472. The standard InChI is InChI=1S/C19H21FN2O/c1-14-6-5-7-16(12-14)13-21-10-11-22(19(23)15(21)2)18-9-4-3-8-17(18)20/h3-9,12,15H,10-11,13H2,1-2H3/t15-/m0/s1. The number of benzene rings is 2. The summed E-state index contributed by atoms with van der Waals surface area (Å²) in [6.07, 6.45) is 0. The fraction of sp³-hybridized carbons (Fsp3) is 0.316. The van der Waals surface area contributed by atoms with Crippen LogP contribution < -0.4 is 4.90 Å². The van der Waals surface area contributed by atoms with E-state index >= 15 is 0 Å². The molecule has 0 unspecified atom stereocenters. The maximum Gasteiger partial charge on any atom is 0.244 e. The summed E-state index contributed by atoms with van der Waals surface area (Å²) >= 11 is 0. The summed E-state index contributed by atoms with van der Waals surface area (Å²) < 4.78 is 14.0. The Labute approximate surface area is 136 Å². The molecule has 0 spiro atoms. The molecular formula is C19H21FN2O. The van der Waals surface area contributed by atoms with Crippen molar-refractivity contribution in [2.45, 2.75) is 26.4 Å². The highest BCUT2D eigenvalue weighted by atomic mass is 19.1. The van der Waals surface area contributed by atoms with E-state index in [4.69, 9.17) is 0 Å². The fourth-order valence-corrected chi connectivity index (χ4v) is 3.08. The van der Waals surface area contributed by atoms with E-state index in [0.717, 1.165) is 13.1 Å². The molecule has 3 nitrogen and oxygen atoms in total. The lowest BCUT2D eigenvalue weighted by molar-refractivity contribution is -0.125. The molecular weight excluding hydrogens is 291 g/mol. The summed E-state index contributed by atoms with van der Waals surface area (Å²) in [5.74, 6) is -0.394. The third-order valence-electron chi connectivity index (χ3n) is 4.39. The second-order valence-corrected chi connectivity index (χ2v) is 6.08. The largest absolute Gasteiger partial charge is 0.307 e. The number of hydrogen-bond donors (Lipinski definition) is 0. The first-order chi connectivity index (χ1) is 11.1. The first-order valence-electron chi connectivity index (χ1n) is 7.92. The van der Waals surface area contributed by atoms with Gasteiger partial charge in [-0.15, -0.1) is 0 Å². The van der Waals surface area contributed by atoms with Gasteiger partial charge in [0.2, 0.25) is 5.91 Å². The van der Waals surface area contributed by atoms with Crippen molar-refractivity contribution >= 4 is 11.6 Å². The summed E-state index contributed by atoms with van der Waals surface area (Å²) in [7, 11) is 0. The third-order valence-corrected chi connectivity index (χ3v) is 4.39. The normalized spacial score (nSPS) is 19.2. The van der Waals surface area contributed by atoms with Gasteiger partial charge in [-0.25, -0.2) is 4.39 Å². The molecule has 0 aliphatic carbocycles. The lowest BCUT2D eigenvalue weighted by atomic mass is 10.1. The molecule has 1 aliphatic heterocycles. The molecule has 1 heterocycles. The number of piperazine rings is 1. The van der Waals surface area contributed by atoms with E-state index < -0.39 is 0 Å². The van der Waals surface area contributed by atoms with Crippen molar-refractivity contribution < 1.29 is 9.18 Å². The van der Waals surface area contributed by atoms with E-state index in [0.29, 0.717) is 12.2 Å². The van der Waals surface area contributed by atoms with Crippen LogP contribution >= 0.6 is 0 Å². The number of halogens is 1. The Morgan fingerprint density at radius 1 is 1.13 bits per heavy atom. The highest BCUT2D eigenvalue weighted by Gasteiger charge is 2.33. The van der Waals surface area contributed by atoms with Gasteiger partial charge in [0.15, 0.2) is 0 Å². The van der Waals surface area contributed by atoms with Gasteiger partial charge in [0.1, 0.15) is 5.82 Å². The van der Waals surface area contributed by atoms with Crippen molar-refractivity contribution in [2.75, 3.05) is 18.0 Å². The van der Waals surface area contributed by atoms with Crippen molar-refractivity contribution in [3.05, 3.63) is 65.5 Å². The summed E-state index contributed by atoms with van der Waals surface area (Å²) in [4.78, 5) is 16.4. The van der Waals surface area contributed by atoms with E-state index in [9.17, 15) is 9.18 Å². The van der Waals surface area contributed by atoms with E-state index in [1.165, 1.54) is 17.2 Å². The molecule has 0 radical (unpaired) electrons. The molecule has 1 aliphatic rings. The number of carbonyl (C=O) groups excluding carboxylic acids is 1. The molecule has 1 amide bonds. The molecule has 0 saturated carbocycles. The zero-order valence-electron chi connectivity index (χ0n) is 13.5. The van der Waals surface area contributed by atoms with Crippen molar-refractivity contribution in [1.29, 1.82) is 0 Å². The third kappa shape index (κ3) is 3.27. The maximum absolute atomic E-state index is 14.0. The van der Waals surface area contributed by atoms with Gasteiger partial charge in [-0.1, -0.05) is 42.0 Å². The van der Waals surface area contributed by atoms with Crippen molar-refractivity contribution in [1.82, 2.24) is 4.90 Å². The lowest BCUT2D eigenvalue weighted by Crippen LogP contribution is -2.55. The Bertz CT molecular complexity index is 716. The number of carbonyl (C=O) groups is 1. The summed E-state index contributed by atoms with van der Waals surface area (Å²) in [5, 5.41) is 0. The summed E-state index contributed by atoms with van der Waals surface area (Å²) in [6.45, 7) is 5.93. The molecule has 23 heavy (non-hydrogen) atoms. The van der Waals surface area contributed by atoms with E-state index in [2.05, 4.69) is 30.0 Å². The van der Waals surface area contributed by atoms with Gasteiger partial charge < -0.3 is 4.90 Å². The molecule has 3 rings (SSSR count). The molecule has 2 aromatic carbocycles. The molecule has 1 saturated heterocycles. The van der Waals surface area contributed by atoms with Crippen molar-refractivity contribution in [3.8, 4) is 0 Å². The highest BCUT2D eigenvalue weighted by Crippen LogP contribution is 2.24. The topological polar surface area (TPSA) is 23.6 Å². The molecule has 4 heteroatoms. The monoisotopic (exact) mass is 312 g/mol. The molecule has 0 N–H and O–H groups in total. The van der Waals surface area contributed by atoms with Gasteiger partial charge >= 0.3 is 0 Å². The molecule has 120 valence electrons. The van der Waals surface area contributed by atoms with Gasteiger partial charge in [0, 0.05) is 19.6 Å². The van der Waals surface area contributed by atoms with E-state index in [-0.39, 0.29) is 17.8 Å². The average Bonchev–Trinajstić information content (AvgIpc) is 2.53. The van der Waals surface area contributed by atoms with Crippen molar-refractivity contribution in [3.63, 3.8) is 0 Å². The fourth-order valence-electron chi connectivity index (χ4n) is 3.08. The van der Waals surface area contributed by atoms with Crippen LogP contribution in [0.5, 0.6) is 0 Å². The van der Waals surface area contributed by atoms with Crippen LogP contribution in [0.2, 0.25) is 0 Å². The van der Waals surface area contributed by atoms with Crippen LogP contribution in [0.15, 0.2) is 48.5 Å². The van der Waals surface area contributed by atoms with Gasteiger partial charge in [0.05, 0.1) is 11.7 Å². The SMILES string of the molecule is Cc1cccc(CN2CCN(c3ccccc3F)C(=O)[C@@H]2C)c1. The zero-order valence-corrected chi connectivity index (χ0v) is 13.5. The summed E-state index contributed by atoms with van der Waals surface area (Å²) in [5.41, 5.74) is 2.79. The van der Waals surface area contributed by atoms with E-state index in [1.54, 1.807) is 23.1 Å². The number of amides is 1. The number of aryl methyl sites for hydroxylation is 1. The van der Waals surface area contributed by atoms with Gasteiger partial charge in [-0.05, 0) is 31.5 Å². The number of rotatable bonds is 3. The Morgan fingerprint density at radius 2 is 1.91 bits per heavy atom. The smallest absolute Gasteiger partial charge is 0.244 e. The maximum atomic E-state index is 14.0. The molecule has 0 bridgehead atoms. The molecule has 0 aromatic heterocycles. The van der Waals surface area contributed by atoms with Gasteiger partial charge in [-0.2, -0.15) is 0 Å². The zero-order chi connectivity index (χ0) is 16.4. The Balaban J connectivity index is 1.75. The van der Waals surface area contributed by atoms with Crippen LogP contribution in [0.4, 0.5) is 10.1 Å². The number of nitrogens with zero attached hydrogens (tertiary/aromatic N) is 2. The lowest BCUT2D eigenvalue weighted by Gasteiger charge is -2.39. The minimum Gasteiger partial charge on any atom is -0.307 e. The number of hydrogen-bond acceptors (Lipinski definition) is 2. The van der Waals surface area contributed by atoms with Crippen LogP contribution in [0, 0.1) is 12.7 Å². The molecule has 1 fully saturated rings. The van der Waals surface area contributed by atoms with Crippen LogP contribution in [0.3, 0.4) is 0 Å². The second-order valence-electron chi connectivity index (χ2n) is 6.08. The van der Waals surface area contributed by atoms with E-state index in [1.807, 2.05) is 13.0 Å². The Morgan fingerprint density at radius 3 is 2.65 bits per heavy atom. The summed E-state index contributed by atoms with van der Waals surface area (Å²) in [6, 6.07) is 14.5. The van der Waals surface area contributed by atoms with Crippen LogP contribution in [-0.2, 0) is 11.3 Å². The minimum atomic E-state index is -0.347. The Kier molecular flexibility index (Phi) is 4.44. The van der Waals surface area contributed by atoms with Crippen molar-refractivity contribution in [2.24, 2.45) is 0 Å².